The van der Waals surface area contributed by atoms with Crippen molar-refractivity contribution in [3.8, 4) is 0 Å². The highest BCUT2D eigenvalue weighted by Gasteiger charge is 2.26. The number of rotatable bonds is 5. The fraction of sp³-hybridized carbons (Fsp3) is 0.562. The lowest BCUT2D eigenvalue weighted by molar-refractivity contribution is -0.118. The molecule has 0 spiro atoms. The van der Waals surface area contributed by atoms with Crippen molar-refractivity contribution in [2.75, 3.05) is 64.5 Å². The van der Waals surface area contributed by atoms with E-state index >= 15 is 0 Å². The Morgan fingerprint density at radius 1 is 1.04 bits per heavy atom. The van der Waals surface area contributed by atoms with E-state index in [1.807, 2.05) is 4.90 Å². The Balaban J connectivity index is 1.65. The maximum atomic E-state index is 12.7. The first-order chi connectivity index (χ1) is 12.1. The molecule has 0 atom stereocenters. The molecule has 0 aromatic heterocycles. The summed E-state index contributed by atoms with van der Waals surface area (Å²) in [5.74, 6) is -0.164. The van der Waals surface area contributed by atoms with Crippen molar-refractivity contribution < 1.29 is 22.7 Å². The Kier molecular flexibility index (Phi) is 6.02. The summed E-state index contributed by atoms with van der Waals surface area (Å²) in [6.45, 7) is 4.44. The molecule has 3 rings (SSSR count). The van der Waals surface area contributed by atoms with Gasteiger partial charge in [-0.05, 0) is 18.2 Å². The van der Waals surface area contributed by atoms with Crippen LogP contribution in [0.25, 0.3) is 0 Å². The fourth-order valence-electron chi connectivity index (χ4n) is 2.83. The van der Waals surface area contributed by atoms with Gasteiger partial charge in [0.15, 0.2) is 0 Å². The topological polar surface area (TPSA) is 88.2 Å². The van der Waals surface area contributed by atoms with E-state index in [-0.39, 0.29) is 17.3 Å². The predicted octanol–water partition coefficient (Wildman–Crippen LogP) is -0.0218. The zero-order valence-corrected chi connectivity index (χ0v) is 14.8. The lowest BCUT2D eigenvalue weighted by atomic mass is 10.3. The van der Waals surface area contributed by atoms with Crippen molar-refractivity contribution in [2.24, 2.45) is 0 Å². The third kappa shape index (κ3) is 4.77. The monoisotopic (exact) mass is 369 g/mol. The molecule has 1 aromatic rings. The van der Waals surface area contributed by atoms with Gasteiger partial charge in [0.05, 0.1) is 37.9 Å². The molecule has 25 heavy (non-hydrogen) atoms. The van der Waals surface area contributed by atoms with Crippen LogP contribution in [-0.4, -0.2) is 82.7 Å². The van der Waals surface area contributed by atoms with Gasteiger partial charge in [0.2, 0.25) is 15.9 Å². The molecule has 1 amide bonds. The van der Waals surface area contributed by atoms with Gasteiger partial charge in [0, 0.05) is 31.9 Å². The second-order valence-electron chi connectivity index (χ2n) is 5.98. The summed E-state index contributed by atoms with van der Waals surface area (Å²) in [6, 6.07) is 6.37. The van der Waals surface area contributed by atoms with Gasteiger partial charge >= 0.3 is 0 Å². The zero-order chi connectivity index (χ0) is 17.7. The van der Waals surface area contributed by atoms with E-state index in [1.54, 1.807) is 18.2 Å². The number of nitrogens with one attached hydrogen (secondary N) is 1. The van der Waals surface area contributed by atoms with E-state index in [2.05, 4.69) is 5.32 Å². The molecule has 0 saturated carbocycles. The highest BCUT2D eigenvalue weighted by molar-refractivity contribution is 7.89. The maximum absolute atomic E-state index is 12.7. The van der Waals surface area contributed by atoms with Crippen LogP contribution in [-0.2, 0) is 24.3 Å². The molecule has 9 heteroatoms. The van der Waals surface area contributed by atoms with Gasteiger partial charge in [-0.1, -0.05) is 6.07 Å². The molecule has 2 heterocycles. The van der Waals surface area contributed by atoms with Gasteiger partial charge in [-0.2, -0.15) is 4.31 Å². The summed E-state index contributed by atoms with van der Waals surface area (Å²) in [6.07, 6.45) is 0. The molecule has 0 unspecified atom stereocenters. The predicted molar refractivity (Wildman–Crippen MR) is 91.9 cm³/mol. The van der Waals surface area contributed by atoms with Gasteiger partial charge < -0.3 is 14.8 Å². The Morgan fingerprint density at radius 3 is 2.36 bits per heavy atom. The molecular formula is C16H23N3O5S. The van der Waals surface area contributed by atoms with Gasteiger partial charge in [-0.25, -0.2) is 8.42 Å². The molecule has 138 valence electrons. The number of carbonyl (C=O) groups is 1. The number of hydrogen-bond donors (Lipinski definition) is 1. The molecule has 2 aliphatic heterocycles. The Labute approximate surface area is 147 Å². The molecule has 2 aliphatic rings. The fourth-order valence-corrected chi connectivity index (χ4v) is 4.29. The van der Waals surface area contributed by atoms with E-state index in [9.17, 15) is 13.2 Å². The lowest BCUT2D eigenvalue weighted by Gasteiger charge is -2.26. The minimum atomic E-state index is -3.57. The number of carbonyl (C=O) groups excluding carboxylic acids is 1. The zero-order valence-electron chi connectivity index (χ0n) is 14.0. The normalized spacial score (nSPS) is 20.3. The van der Waals surface area contributed by atoms with E-state index in [0.717, 1.165) is 13.1 Å². The quantitative estimate of drug-likeness (QED) is 0.785. The van der Waals surface area contributed by atoms with Gasteiger partial charge in [-0.15, -0.1) is 0 Å². The van der Waals surface area contributed by atoms with Crippen molar-refractivity contribution in [1.82, 2.24) is 9.21 Å². The number of hydrogen-bond acceptors (Lipinski definition) is 6. The molecule has 2 fully saturated rings. The first-order valence-electron chi connectivity index (χ1n) is 8.33. The number of sulfonamides is 1. The number of amides is 1. The smallest absolute Gasteiger partial charge is 0.243 e. The Hall–Kier alpha value is -1.52. The van der Waals surface area contributed by atoms with E-state index in [1.165, 1.54) is 10.4 Å². The number of benzene rings is 1. The van der Waals surface area contributed by atoms with Gasteiger partial charge in [0.1, 0.15) is 0 Å². The van der Waals surface area contributed by atoms with Crippen LogP contribution in [0.4, 0.5) is 5.69 Å². The molecule has 0 radical (unpaired) electrons. The summed E-state index contributed by atoms with van der Waals surface area (Å²) in [5, 5.41) is 2.78. The van der Waals surface area contributed by atoms with Crippen molar-refractivity contribution in [3.63, 3.8) is 0 Å². The second-order valence-corrected chi connectivity index (χ2v) is 7.92. The van der Waals surface area contributed by atoms with Crippen LogP contribution in [0.2, 0.25) is 0 Å². The van der Waals surface area contributed by atoms with E-state index in [0.29, 0.717) is 45.2 Å². The molecule has 2 saturated heterocycles. The first-order valence-corrected chi connectivity index (χ1v) is 9.77. The number of anilines is 1. The lowest BCUT2D eigenvalue weighted by Crippen LogP contribution is -2.41. The van der Waals surface area contributed by atoms with Crippen LogP contribution in [0.15, 0.2) is 29.2 Å². The minimum absolute atomic E-state index is 0.164. The summed E-state index contributed by atoms with van der Waals surface area (Å²) >= 11 is 0. The third-order valence-corrected chi connectivity index (χ3v) is 6.09. The summed E-state index contributed by atoms with van der Waals surface area (Å²) in [5.41, 5.74) is 0.479. The number of nitrogens with zero attached hydrogens (tertiary/aromatic N) is 2. The first kappa shape index (κ1) is 18.3. The van der Waals surface area contributed by atoms with Crippen LogP contribution >= 0.6 is 0 Å². The third-order valence-electron chi connectivity index (χ3n) is 4.20. The van der Waals surface area contributed by atoms with E-state index in [4.69, 9.17) is 9.47 Å². The molecular weight excluding hydrogens is 346 g/mol. The standard InChI is InChI=1S/C16H23N3O5S/c20-16(13-18-4-8-23-9-5-18)17-14-2-1-3-15(12-14)25(21,22)19-6-10-24-11-7-19/h1-3,12H,4-11,13H2,(H,17,20). The second kappa shape index (κ2) is 8.24. The SMILES string of the molecule is O=C(CN1CCOCC1)Nc1cccc(S(=O)(=O)N2CCOCC2)c1. The largest absolute Gasteiger partial charge is 0.379 e. The maximum Gasteiger partial charge on any atom is 0.243 e. The molecule has 1 aromatic carbocycles. The summed E-state index contributed by atoms with van der Waals surface area (Å²) < 4.78 is 37.2. The van der Waals surface area contributed by atoms with Crippen LogP contribution < -0.4 is 5.32 Å². The molecule has 1 N–H and O–H groups in total. The van der Waals surface area contributed by atoms with E-state index < -0.39 is 10.0 Å². The Bertz CT molecular complexity index is 697. The highest BCUT2D eigenvalue weighted by Crippen LogP contribution is 2.20. The summed E-state index contributed by atoms with van der Waals surface area (Å²) in [4.78, 5) is 14.4. The van der Waals surface area contributed by atoms with Crippen molar-refractivity contribution in [2.45, 2.75) is 4.90 Å². The minimum Gasteiger partial charge on any atom is -0.379 e. The van der Waals surface area contributed by atoms with Crippen LogP contribution in [0, 0.1) is 0 Å². The molecule has 0 bridgehead atoms. The Morgan fingerprint density at radius 2 is 1.68 bits per heavy atom. The number of ether oxygens (including phenoxy) is 2. The van der Waals surface area contributed by atoms with Crippen molar-refractivity contribution in [3.05, 3.63) is 24.3 Å². The summed E-state index contributed by atoms with van der Waals surface area (Å²) in [7, 11) is -3.57. The van der Waals surface area contributed by atoms with Crippen LogP contribution in [0.5, 0.6) is 0 Å². The highest BCUT2D eigenvalue weighted by atomic mass is 32.2. The van der Waals surface area contributed by atoms with Gasteiger partial charge in [0.25, 0.3) is 0 Å². The average Bonchev–Trinajstić information content (AvgIpc) is 2.63. The van der Waals surface area contributed by atoms with Crippen LogP contribution in [0.3, 0.4) is 0 Å². The molecule has 0 aliphatic carbocycles. The van der Waals surface area contributed by atoms with Crippen LogP contribution in [0.1, 0.15) is 0 Å². The average molecular weight is 369 g/mol. The van der Waals surface area contributed by atoms with Crippen molar-refractivity contribution in [1.29, 1.82) is 0 Å². The van der Waals surface area contributed by atoms with Gasteiger partial charge in [-0.3, -0.25) is 9.69 Å². The van der Waals surface area contributed by atoms with Crippen molar-refractivity contribution >= 4 is 21.6 Å². The number of morpholine rings is 2. The molecule has 8 nitrogen and oxygen atoms in total.